The van der Waals surface area contributed by atoms with Crippen LogP contribution in [0.3, 0.4) is 0 Å². The molecule has 0 atom stereocenters. The van der Waals surface area contributed by atoms with Crippen molar-refractivity contribution in [1.29, 1.82) is 0 Å². The minimum absolute atomic E-state index is 0.116. The molecule has 2 aromatic carbocycles. The largest absolute Gasteiger partial charge is 0.497 e. The number of nitrogens with zero attached hydrogens (tertiary/aromatic N) is 5. The highest BCUT2D eigenvalue weighted by Crippen LogP contribution is 2.31. The number of hydrogen-bond donors (Lipinski definition) is 0. The molecule has 2 heterocycles. The number of aromatic nitrogens is 4. The Balaban J connectivity index is 1.33. The van der Waals surface area contributed by atoms with Crippen LogP contribution in [0.15, 0.2) is 84.3 Å². The van der Waals surface area contributed by atoms with Crippen LogP contribution in [-0.2, 0) is 17.9 Å². The van der Waals surface area contributed by atoms with Crippen molar-refractivity contribution in [3.8, 4) is 17.1 Å². The summed E-state index contributed by atoms with van der Waals surface area (Å²) in [5.41, 5.74) is 3.14. The van der Waals surface area contributed by atoms with E-state index in [1.54, 1.807) is 19.5 Å². The van der Waals surface area contributed by atoms with Gasteiger partial charge in [-0.25, -0.2) is 0 Å². The van der Waals surface area contributed by atoms with E-state index in [1.807, 2.05) is 59.5 Å². The van der Waals surface area contributed by atoms with Gasteiger partial charge in [0.1, 0.15) is 5.75 Å². The Morgan fingerprint density at radius 2 is 1.83 bits per heavy atom. The lowest BCUT2D eigenvalue weighted by molar-refractivity contribution is -0.129. The first-order valence-corrected chi connectivity index (χ1v) is 12.6. The zero-order valence-electron chi connectivity index (χ0n) is 19.6. The molecule has 1 fully saturated rings. The number of methoxy groups -OCH3 is 1. The van der Waals surface area contributed by atoms with Crippen LogP contribution < -0.4 is 4.74 Å². The van der Waals surface area contributed by atoms with Crippen molar-refractivity contribution in [3.63, 3.8) is 0 Å². The highest BCUT2D eigenvalue weighted by molar-refractivity contribution is 7.99. The maximum Gasteiger partial charge on any atom is 0.233 e. The number of hydrogen-bond acceptors (Lipinski definition) is 6. The Bertz CT molecular complexity index is 1260. The van der Waals surface area contributed by atoms with Crippen molar-refractivity contribution in [2.24, 2.45) is 0 Å². The van der Waals surface area contributed by atoms with Crippen LogP contribution in [0.2, 0.25) is 0 Å². The quantitative estimate of drug-likeness (QED) is 0.304. The zero-order valence-corrected chi connectivity index (χ0v) is 20.4. The number of carbonyl (C=O) groups is 1. The van der Waals surface area contributed by atoms with E-state index in [0.717, 1.165) is 46.3 Å². The van der Waals surface area contributed by atoms with E-state index in [0.29, 0.717) is 24.9 Å². The van der Waals surface area contributed by atoms with Gasteiger partial charge in [-0.3, -0.25) is 14.3 Å². The molecule has 35 heavy (non-hydrogen) atoms. The van der Waals surface area contributed by atoms with Gasteiger partial charge < -0.3 is 9.64 Å². The Kier molecular flexibility index (Phi) is 7.09. The molecule has 7 nitrogen and oxygen atoms in total. The number of carbonyl (C=O) groups excluding carboxylic acids is 1. The summed E-state index contributed by atoms with van der Waals surface area (Å²) in [4.78, 5) is 19.5. The fraction of sp³-hybridized carbons (Fsp3) is 0.259. The number of thioether (sulfide) groups is 1. The molecule has 1 aliphatic carbocycles. The van der Waals surface area contributed by atoms with Gasteiger partial charge in [0.2, 0.25) is 5.91 Å². The molecule has 2 aromatic heterocycles. The summed E-state index contributed by atoms with van der Waals surface area (Å²) < 4.78 is 7.32. The number of rotatable bonds is 10. The van der Waals surface area contributed by atoms with E-state index in [4.69, 9.17) is 4.74 Å². The normalized spacial score (nSPS) is 12.9. The minimum atomic E-state index is 0.116. The lowest BCUT2D eigenvalue weighted by Crippen LogP contribution is -2.34. The van der Waals surface area contributed by atoms with Gasteiger partial charge in [-0.05, 0) is 48.2 Å². The second-order valence-electron chi connectivity index (χ2n) is 8.51. The molecule has 0 unspecified atom stereocenters. The van der Waals surface area contributed by atoms with Crippen LogP contribution in [0.25, 0.3) is 11.4 Å². The van der Waals surface area contributed by atoms with Gasteiger partial charge in [-0.1, -0.05) is 54.2 Å². The molecule has 5 rings (SSSR count). The van der Waals surface area contributed by atoms with E-state index in [-0.39, 0.29) is 5.91 Å². The molecular formula is C27H27N5O2S. The standard InChI is InChI=1S/C27H27N5O2S/c1-34-24-13-9-21(10-14-24)17-31(23-11-12-23)25(33)19-35-27-30-29-26(22-8-5-15-28-16-22)32(27)18-20-6-3-2-4-7-20/h2-10,13-16,23H,11-12,17-19H2,1H3. The molecule has 1 aliphatic rings. The predicted molar refractivity (Wildman–Crippen MR) is 136 cm³/mol. The van der Waals surface area contributed by atoms with Gasteiger partial charge in [0, 0.05) is 30.5 Å². The Labute approximate surface area is 209 Å². The predicted octanol–water partition coefficient (Wildman–Crippen LogP) is 4.68. The van der Waals surface area contributed by atoms with E-state index >= 15 is 0 Å². The van der Waals surface area contributed by atoms with Crippen molar-refractivity contribution in [1.82, 2.24) is 24.6 Å². The maximum absolute atomic E-state index is 13.3. The Hall–Kier alpha value is -3.65. The molecule has 1 saturated carbocycles. The van der Waals surface area contributed by atoms with Gasteiger partial charge in [0.05, 0.1) is 19.4 Å². The molecule has 1 amide bonds. The lowest BCUT2D eigenvalue weighted by Gasteiger charge is -2.22. The molecular weight excluding hydrogens is 458 g/mol. The molecule has 4 aromatic rings. The van der Waals surface area contributed by atoms with Crippen LogP contribution in [0, 0.1) is 0 Å². The molecule has 0 aliphatic heterocycles. The molecule has 0 bridgehead atoms. The first kappa shape index (κ1) is 23.1. The van der Waals surface area contributed by atoms with Gasteiger partial charge in [0.15, 0.2) is 11.0 Å². The lowest BCUT2D eigenvalue weighted by atomic mass is 10.2. The van der Waals surface area contributed by atoms with Crippen LogP contribution in [0.5, 0.6) is 5.75 Å². The highest BCUT2D eigenvalue weighted by atomic mass is 32.2. The summed E-state index contributed by atoms with van der Waals surface area (Å²) >= 11 is 1.44. The molecule has 0 spiro atoms. The van der Waals surface area contributed by atoms with E-state index in [9.17, 15) is 4.79 Å². The van der Waals surface area contributed by atoms with Gasteiger partial charge >= 0.3 is 0 Å². The first-order chi connectivity index (χ1) is 17.2. The van der Waals surface area contributed by atoms with Gasteiger partial charge in [0.25, 0.3) is 0 Å². The van der Waals surface area contributed by atoms with Crippen molar-refractivity contribution in [2.75, 3.05) is 12.9 Å². The molecule has 0 saturated heterocycles. The summed E-state index contributed by atoms with van der Waals surface area (Å²) in [7, 11) is 1.66. The van der Waals surface area contributed by atoms with E-state index in [2.05, 4.69) is 31.9 Å². The first-order valence-electron chi connectivity index (χ1n) is 11.6. The molecule has 8 heteroatoms. The van der Waals surface area contributed by atoms with Crippen LogP contribution >= 0.6 is 11.8 Å². The van der Waals surface area contributed by atoms with Crippen molar-refractivity contribution in [3.05, 3.63) is 90.3 Å². The van der Waals surface area contributed by atoms with Crippen molar-refractivity contribution >= 4 is 17.7 Å². The van der Waals surface area contributed by atoms with Gasteiger partial charge in [-0.15, -0.1) is 10.2 Å². The smallest absolute Gasteiger partial charge is 0.233 e. The third-order valence-electron chi connectivity index (χ3n) is 5.96. The topological polar surface area (TPSA) is 73.1 Å². The SMILES string of the molecule is COc1ccc(CN(C(=O)CSc2nnc(-c3cccnc3)n2Cc2ccccc2)C2CC2)cc1. The average Bonchev–Trinajstić information content (AvgIpc) is 3.68. The number of pyridine rings is 1. The fourth-order valence-corrected chi connectivity index (χ4v) is 4.78. The highest BCUT2D eigenvalue weighted by Gasteiger charge is 2.32. The van der Waals surface area contributed by atoms with Crippen LogP contribution in [0.1, 0.15) is 24.0 Å². The number of amides is 1. The Morgan fingerprint density at radius 3 is 2.51 bits per heavy atom. The molecule has 0 N–H and O–H groups in total. The van der Waals surface area contributed by atoms with Gasteiger partial charge in [-0.2, -0.15) is 0 Å². The maximum atomic E-state index is 13.3. The third kappa shape index (κ3) is 5.71. The average molecular weight is 486 g/mol. The van der Waals surface area contributed by atoms with Crippen LogP contribution in [-0.4, -0.2) is 49.5 Å². The van der Waals surface area contributed by atoms with Crippen molar-refractivity contribution < 1.29 is 9.53 Å². The summed E-state index contributed by atoms with van der Waals surface area (Å²) in [6.07, 6.45) is 5.64. The zero-order chi connectivity index (χ0) is 24.0. The summed E-state index contributed by atoms with van der Waals surface area (Å²) in [6.45, 7) is 1.22. The summed E-state index contributed by atoms with van der Waals surface area (Å²) in [5, 5.41) is 9.62. The Morgan fingerprint density at radius 1 is 1.03 bits per heavy atom. The van der Waals surface area contributed by atoms with Crippen LogP contribution in [0.4, 0.5) is 0 Å². The second kappa shape index (κ2) is 10.7. The molecule has 0 radical (unpaired) electrons. The second-order valence-corrected chi connectivity index (χ2v) is 9.45. The summed E-state index contributed by atoms with van der Waals surface area (Å²) in [6, 6.07) is 22.3. The monoisotopic (exact) mass is 485 g/mol. The van der Waals surface area contributed by atoms with E-state index in [1.165, 1.54) is 11.8 Å². The number of ether oxygens (including phenoxy) is 1. The van der Waals surface area contributed by atoms with Crippen molar-refractivity contribution in [2.45, 2.75) is 37.1 Å². The molecule has 178 valence electrons. The summed E-state index contributed by atoms with van der Waals surface area (Å²) in [5.74, 6) is 1.99. The van der Waals surface area contributed by atoms with E-state index < -0.39 is 0 Å². The third-order valence-corrected chi connectivity index (χ3v) is 6.92. The minimum Gasteiger partial charge on any atom is -0.497 e. The fourth-order valence-electron chi connectivity index (χ4n) is 3.96. The number of benzene rings is 2.